The number of ether oxygens (including phenoxy) is 2. The van der Waals surface area contributed by atoms with Crippen LogP contribution in [0.15, 0.2) is 60.4 Å². The van der Waals surface area contributed by atoms with Crippen LogP contribution >= 0.6 is 0 Å². The third-order valence-corrected chi connectivity index (χ3v) is 3.65. The van der Waals surface area contributed by atoms with Crippen molar-refractivity contribution in [3.63, 3.8) is 0 Å². The SMILES string of the molecule is C/C=C(\CC)Oc1cc(-c2ccccc2)ccc1CC(=O)OC. The Hall–Kier alpha value is -2.55. The summed E-state index contributed by atoms with van der Waals surface area (Å²) >= 11 is 0. The summed E-state index contributed by atoms with van der Waals surface area (Å²) in [6.07, 6.45) is 2.93. The van der Waals surface area contributed by atoms with Crippen molar-refractivity contribution in [2.24, 2.45) is 0 Å². The van der Waals surface area contributed by atoms with Gasteiger partial charge in [0, 0.05) is 12.0 Å². The summed E-state index contributed by atoms with van der Waals surface area (Å²) in [5, 5.41) is 0. The van der Waals surface area contributed by atoms with Gasteiger partial charge in [-0.15, -0.1) is 0 Å². The lowest BCUT2D eigenvalue weighted by atomic mass is 10.0. The Kier molecular flexibility index (Phi) is 5.98. The topological polar surface area (TPSA) is 35.5 Å². The van der Waals surface area contributed by atoms with Crippen LogP contribution in [0.25, 0.3) is 11.1 Å². The Morgan fingerprint density at radius 1 is 1.09 bits per heavy atom. The molecule has 0 atom stereocenters. The van der Waals surface area contributed by atoms with Crippen molar-refractivity contribution in [2.45, 2.75) is 26.7 Å². The lowest BCUT2D eigenvalue weighted by Crippen LogP contribution is -2.07. The Balaban J connectivity index is 2.41. The number of hydrogen-bond donors (Lipinski definition) is 0. The fraction of sp³-hybridized carbons (Fsp3) is 0.250. The molecule has 0 N–H and O–H groups in total. The smallest absolute Gasteiger partial charge is 0.310 e. The van der Waals surface area contributed by atoms with Gasteiger partial charge >= 0.3 is 5.97 Å². The first-order valence-electron chi connectivity index (χ1n) is 7.76. The van der Waals surface area contributed by atoms with E-state index < -0.39 is 0 Å². The van der Waals surface area contributed by atoms with Gasteiger partial charge in [0.1, 0.15) is 5.75 Å². The van der Waals surface area contributed by atoms with E-state index in [9.17, 15) is 4.79 Å². The maximum atomic E-state index is 11.6. The molecule has 3 heteroatoms. The molecule has 0 saturated heterocycles. The van der Waals surface area contributed by atoms with Crippen LogP contribution in [0.4, 0.5) is 0 Å². The van der Waals surface area contributed by atoms with E-state index in [1.807, 2.05) is 56.3 Å². The first-order chi connectivity index (χ1) is 11.2. The molecule has 2 aromatic rings. The molecule has 0 unspecified atom stereocenters. The van der Waals surface area contributed by atoms with Crippen LogP contribution in [0.3, 0.4) is 0 Å². The van der Waals surface area contributed by atoms with Crippen molar-refractivity contribution in [3.05, 3.63) is 65.9 Å². The van der Waals surface area contributed by atoms with Gasteiger partial charge in [0.05, 0.1) is 19.3 Å². The zero-order chi connectivity index (χ0) is 16.7. The van der Waals surface area contributed by atoms with E-state index in [0.717, 1.165) is 28.9 Å². The van der Waals surface area contributed by atoms with E-state index in [4.69, 9.17) is 9.47 Å². The monoisotopic (exact) mass is 310 g/mol. The average Bonchev–Trinajstić information content (AvgIpc) is 2.61. The van der Waals surface area contributed by atoms with Crippen molar-refractivity contribution in [2.75, 3.05) is 7.11 Å². The Labute approximate surface area is 137 Å². The minimum absolute atomic E-state index is 0.196. The highest BCUT2D eigenvalue weighted by Gasteiger charge is 2.12. The quantitative estimate of drug-likeness (QED) is 0.570. The van der Waals surface area contributed by atoms with Crippen molar-refractivity contribution in [1.82, 2.24) is 0 Å². The molecule has 0 radical (unpaired) electrons. The summed E-state index contributed by atoms with van der Waals surface area (Å²) in [6, 6.07) is 16.0. The predicted molar refractivity (Wildman–Crippen MR) is 92.3 cm³/mol. The van der Waals surface area contributed by atoms with Gasteiger partial charge in [-0.2, -0.15) is 0 Å². The van der Waals surface area contributed by atoms with Crippen molar-refractivity contribution < 1.29 is 14.3 Å². The standard InChI is InChI=1S/C20H22O3/c1-4-18(5-2)23-19-13-16(15-9-7-6-8-10-15)11-12-17(19)14-20(21)22-3/h4,6-13H,5,14H2,1-3H3/b18-4+. The van der Waals surface area contributed by atoms with Crippen molar-refractivity contribution in [3.8, 4) is 16.9 Å². The lowest BCUT2D eigenvalue weighted by molar-refractivity contribution is -0.139. The molecule has 0 bridgehead atoms. The second-order valence-electron chi connectivity index (χ2n) is 5.15. The number of hydrogen-bond acceptors (Lipinski definition) is 3. The molecule has 0 saturated carbocycles. The summed E-state index contributed by atoms with van der Waals surface area (Å²) in [6.45, 7) is 3.98. The van der Waals surface area contributed by atoms with Crippen LogP contribution in [0.2, 0.25) is 0 Å². The van der Waals surface area contributed by atoms with Crippen LogP contribution in [0.5, 0.6) is 5.75 Å². The van der Waals surface area contributed by atoms with E-state index in [1.165, 1.54) is 7.11 Å². The molecule has 0 amide bonds. The highest BCUT2D eigenvalue weighted by Crippen LogP contribution is 2.29. The molecular weight excluding hydrogens is 288 g/mol. The van der Waals surface area contributed by atoms with Crippen LogP contribution in [-0.4, -0.2) is 13.1 Å². The highest BCUT2D eigenvalue weighted by molar-refractivity contribution is 5.75. The maximum absolute atomic E-state index is 11.6. The minimum atomic E-state index is -0.277. The average molecular weight is 310 g/mol. The summed E-state index contributed by atoms with van der Waals surface area (Å²) in [5.41, 5.74) is 2.99. The van der Waals surface area contributed by atoms with E-state index in [2.05, 4.69) is 12.1 Å². The molecule has 0 aliphatic carbocycles. The Morgan fingerprint density at radius 3 is 2.43 bits per heavy atom. The van der Waals surface area contributed by atoms with Gasteiger partial charge in [-0.3, -0.25) is 4.79 Å². The first kappa shape index (κ1) is 16.8. The zero-order valence-corrected chi connectivity index (χ0v) is 13.8. The number of allylic oxidation sites excluding steroid dienone is 2. The van der Waals surface area contributed by atoms with Crippen LogP contribution < -0.4 is 4.74 Å². The minimum Gasteiger partial charge on any atom is -0.469 e. The summed E-state index contributed by atoms with van der Waals surface area (Å²) in [4.78, 5) is 11.6. The number of carbonyl (C=O) groups is 1. The fourth-order valence-electron chi connectivity index (χ4n) is 2.31. The van der Waals surface area contributed by atoms with Gasteiger partial charge in [0.25, 0.3) is 0 Å². The van der Waals surface area contributed by atoms with E-state index in [-0.39, 0.29) is 12.4 Å². The van der Waals surface area contributed by atoms with Gasteiger partial charge in [0.15, 0.2) is 0 Å². The largest absolute Gasteiger partial charge is 0.469 e. The maximum Gasteiger partial charge on any atom is 0.310 e. The summed E-state index contributed by atoms with van der Waals surface area (Å²) in [7, 11) is 1.39. The number of rotatable bonds is 6. The molecule has 0 aromatic heterocycles. The molecule has 3 nitrogen and oxygen atoms in total. The Morgan fingerprint density at radius 2 is 1.83 bits per heavy atom. The van der Waals surface area contributed by atoms with Crippen LogP contribution in [-0.2, 0) is 16.0 Å². The number of benzene rings is 2. The third kappa shape index (κ3) is 4.46. The second kappa shape index (κ2) is 8.18. The molecule has 120 valence electrons. The number of carbonyl (C=O) groups excluding carboxylic acids is 1. The van der Waals surface area contributed by atoms with E-state index in [1.54, 1.807) is 0 Å². The van der Waals surface area contributed by atoms with Gasteiger partial charge < -0.3 is 9.47 Å². The molecule has 2 aromatic carbocycles. The molecule has 0 heterocycles. The van der Waals surface area contributed by atoms with Crippen molar-refractivity contribution in [1.29, 1.82) is 0 Å². The predicted octanol–water partition coefficient (Wildman–Crippen LogP) is 4.76. The first-order valence-corrected chi connectivity index (χ1v) is 7.76. The van der Waals surface area contributed by atoms with Crippen LogP contribution in [0, 0.1) is 0 Å². The van der Waals surface area contributed by atoms with Gasteiger partial charge in [0.2, 0.25) is 0 Å². The Bertz CT molecular complexity index is 687. The molecule has 23 heavy (non-hydrogen) atoms. The number of esters is 1. The number of methoxy groups -OCH3 is 1. The van der Waals surface area contributed by atoms with Gasteiger partial charge in [-0.1, -0.05) is 49.4 Å². The zero-order valence-electron chi connectivity index (χ0n) is 13.8. The lowest BCUT2D eigenvalue weighted by Gasteiger charge is -2.14. The fourth-order valence-corrected chi connectivity index (χ4v) is 2.31. The third-order valence-electron chi connectivity index (χ3n) is 3.65. The van der Waals surface area contributed by atoms with Gasteiger partial charge in [-0.25, -0.2) is 0 Å². The molecule has 0 spiro atoms. The molecule has 0 aliphatic rings. The molecule has 0 fully saturated rings. The van der Waals surface area contributed by atoms with E-state index in [0.29, 0.717) is 5.75 Å². The summed E-state index contributed by atoms with van der Waals surface area (Å²) in [5.74, 6) is 1.30. The molecular formula is C20H22O3. The van der Waals surface area contributed by atoms with Gasteiger partial charge in [-0.05, 0) is 30.2 Å². The second-order valence-corrected chi connectivity index (χ2v) is 5.15. The normalized spacial score (nSPS) is 11.2. The highest BCUT2D eigenvalue weighted by atomic mass is 16.5. The molecule has 2 rings (SSSR count). The van der Waals surface area contributed by atoms with Crippen LogP contribution in [0.1, 0.15) is 25.8 Å². The van der Waals surface area contributed by atoms with Crippen molar-refractivity contribution >= 4 is 5.97 Å². The summed E-state index contributed by atoms with van der Waals surface area (Å²) < 4.78 is 10.8. The molecule has 0 aliphatic heterocycles. The van der Waals surface area contributed by atoms with E-state index >= 15 is 0 Å².